The van der Waals surface area contributed by atoms with Gasteiger partial charge < -0.3 is 9.68 Å². The molecule has 4 N–H and O–H groups in total. The Bertz CT molecular complexity index is 3380. The van der Waals surface area contributed by atoms with E-state index in [9.17, 15) is 52.8 Å². The molecule has 2 saturated heterocycles. The number of amides is 2. The van der Waals surface area contributed by atoms with Crippen molar-refractivity contribution in [1.82, 2.24) is 21.6 Å². The molecule has 0 bridgehead atoms. The van der Waals surface area contributed by atoms with Crippen LogP contribution >= 0.6 is 0 Å². The summed E-state index contributed by atoms with van der Waals surface area (Å²) in [6.45, 7) is 8.90. The topological polar surface area (TPSA) is 175 Å². The number of anilines is 2. The zero-order chi connectivity index (χ0) is 54.8. The summed E-state index contributed by atoms with van der Waals surface area (Å²) in [5.74, 6) is -1.22. The maximum atomic E-state index is 17.2. The van der Waals surface area contributed by atoms with Gasteiger partial charge in [-0.3, -0.25) is 19.2 Å². The molecular weight excluding hydrogens is 1050 g/mol. The standard InChI is InChI=1S/C53H47F7N6O8S2/c1-30-22-39(75(69,70)65-28-48(2,3)26-35-23-33(10-20-44(35)65)31-6-12-37(13-7-31)52(55,56)57)16-18-41(30)50(61-46(67)73-63-50)51(62-47(68)74-64-51)42-19-17-40(25-43(42)54)76(71,72)66-29-49(4,5)27-36-24-34(11-21-45(36)66)32-8-14-38(15-9-32)53(58,59)60/h6-25,63-64H,26-29H2,1-5H3,(H,61,67)(H,62,68). The van der Waals surface area contributed by atoms with Gasteiger partial charge in [0.05, 0.1) is 32.3 Å². The van der Waals surface area contributed by atoms with Crippen molar-refractivity contribution in [1.29, 1.82) is 0 Å². The van der Waals surface area contributed by atoms with Crippen molar-refractivity contribution < 1.29 is 66.8 Å². The molecule has 2 fully saturated rings. The molecule has 0 radical (unpaired) electrons. The number of halogens is 7. The first-order valence-electron chi connectivity index (χ1n) is 23.5. The average molecular weight is 1090 g/mol. The van der Waals surface area contributed by atoms with Gasteiger partial charge in [0.2, 0.25) is 0 Å². The quantitative estimate of drug-likeness (QED) is 0.102. The minimum atomic E-state index is -4.59. The maximum Gasteiger partial charge on any atom is 0.428 e. The normalized spacial score (nSPS) is 21.3. The first-order valence-corrected chi connectivity index (χ1v) is 26.4. The molecule has 0 saturated carbocycles. The molecule has 4 heterocycles. The maximum absolute atomic E-state index is 17.2. The van der Waals surface area contributed by atoms with Gasteiger partial charge in [0.1, 0.15) is 5.82 Å². The van der Waals surface area contributed by atoms with Gasteiger partial charge in [-0.05, 0) is 142 Å². The Morgan fingerprint density at radius 3 is 1.26 bits per heavy atom. The molecule has 4 aliphatic heterocycles. The highest BCUT2D eigenvalue weighted by Gasteiger charge is 2.65. The molecule has 0 aliphatic carbocycles. The molecule has 23 heteroatoms. The SMILES string of the molecule is Cc1cc(S(=O)(=O)N2CC(C)(C)Cc3cc(-c4ccc(C(F)(F)F)cc4)ccc32)ccc1C1(C2(c3ccc(S(=O)(=O)N4CC(C)(C)Cc5cc(-c6ccc(C(F)(F)F)cc6)ccc54)cc3F)NOC(=O)N2)NOC(=O)N1. The summed E-state index contributed by atoms with van der Waals surface area (Å²) < 4.78 is 158. The number of carbonyl (C=O) groups is 2. The number of benzene rings is 6. The number of hydrogen-bond donors (Lipinski definition) is 4. The Hall–Kier alpha value is -7.21. The number of carbonyl (C=O) groups excluding carboxylic acids is 2. The van der Waals surface area contributed by atoms with E-state index in [0.29, 0.717) is 51.9 Å². The minimum Gasteiger partial charge on any atom is -0.351 e. The largest absolute Gasteiger partial charge is 0.428 e. The molecule has 10 rings (SSSR count). The van der Waals surface area contributed by atoms with Crippen molar-refractivity contribution in [3.8, 4) is 22.3 Å². The third-order valence-corrected chi connectivity index (χ3v) is 17.6. The number of hydroxylamine groups is 2. The second-order valence-corrected chi connectivity index (χ2v) is 24.6. The Balaban J connectivity index is 0.988. The number of alkyl halides is 6. The van der Waals surface area contributed by atoms with Crippen molar-refractivity contribution in [2.45, 2.75) is 80.9 Å². The van der Waals surface area contributed by atoms with Crippen LogP contribution in [0.25, 0.3) is 22.3 Å². The van der Waals surface area contributed by atoms with Crippen LogP contribution in [0.4, 0.5) is 51.7 Å². The smallest absolute Gasteiger partial charge is 0.351 e. The first kappa shape index (κ1) is 52.2. The van der Waals surface area contributed by atoms with Crippen molar-refractivity contribution in [2.24, 2.45) is 10.8 Å². The van der Waals surface area contributed by atoms with E-state index in [1.54, 1.807) is 30.3 Å². The molecule has 0 aromatic heterocycles. The van der Waals surface area contributed by atoms with E-state index in [0.717, 1.165) is 46.8 Å². The molecule has 14 nitrogen and oxygen atoms in total. The first-order chi connectivity index (χ1) is 35.4. The number of nitrogens with one attached hydrogen (secondary N) is 4. The van der Waals surface area contributed by atoms with E-state index >= 15 is 4.39 Å². The number of hydrogen-bond acceptors (Lipinski definition) is 10. The summed E-state index contributed by atoms with van der Waals surface area (Å²) in [7, 11) is -9.00. The predicted molar refractivity (Wildman–Crippen MR) is 264 cm³/mol. The van der Waals surface area contributed by atoms with Crippen molar-refractivity contribution in [2.75, 3.05) is 21.7 Å². The Morgan fingerprint density at radius 2 is 0.895 bits per heavy atom. The number of fused-ring (bicyclic) bond motifs is 2. The van der Waals surface area contributed by atoms with Gasteiger partial charge in [-0.15, -0.1) is 11.0 Å². The zero-order valence-electron chi connectivity index (χ0n) is 41.0. The lowest BCUT2D eigenvalue weighted by molar-refractivity contribution is -0.138. The van der Waals surface area contributed by atoms with Crippen LogP contribution in [-0.2, 0) is 66.2 Å². The third kappa shape index (κ3) is 8.94. The molecule has 6 aromatic carbocycles. The van der Waals surface area contributed by atoms with Gasteiger partial charge >= 0.3 is 24.5 Å². The molecule has 0 spiro atoms. The van der Waals surface area contributed by atoms with Crippen LogP contribution in [0.5, 0.6) is 0 Å². The van der Waals surface area contributed by atoms with Crippen LogP contribution in [0.15, 0.2) is 131 Å². The predicted octanol–water partition coefficient (Wildman–Crippen LogP) is 10.6. The Labute approximate surface area is 432 Å². The molecule has 2 amide bonds. The van der Waals surface area contributed by atoms with Gasteiger partial charge in [0.25, 0.3) is 20.0 Å². The van der Waals surface area contributed by atoms with E-state index in [2.05, 4.69) is 21.6 Å². The summed E-state index contributed by atoms with van der Waals surface area (Å²) >= 11 is 0. The van der Waals surface area contributed by atoms with Crippen LogP contribution in [-0.4, -0.2) is 42.1 Å². The number of rotatable bonds is 9. The van der Waals surface area contributed by atoms with Gasteiger partial charge in [-0.25, -0.2) is 30.8 Å². The minimum absolute atomic E-state index is 0.0232. The fraction of sp³-hybridized carbons (Fsp3) is 0.283. The van der Waals surface area contributed by atoms with E-state index in [1.807, 2.05) is 27.7 Å². The summed E-state index contributed by atoms with van der Waals surface area (Å²) in [4.78, 5) is 35.9. The molecule has 398 valence electrons. The molecule has 6 aromatic rings. The van der Waals surface area contributed by atoms with Crippen LogP contribution in [0.1, 0.15) is 66.6 Å². The van der Waals surface area contributed by atoms with Crippen molar-refractivity contribution in [3.05, 3.63) is 166 Å². The molecule has 76 heavy (non-hydrogen) atoms. The van der Waals surface area contributed by atoms with E-state index < -0.39 is 94.1 Å². The second-order valence-electron chi connectivity index (χ2n) is 20.9. The highest BCUT2D eigenvalue weighted by molar-refractivity contribution is 7.93. The second kappa shape index (κ2) is 17.7. The number of sulfonamides is 2. The third-order valence-electron chi connectivity index (χ3n) is 14.1. The van der Waals surface area contributed by atoms with Gasteiger partial charge in [0.15, 0.2) is 11.3 Å². The van der Waals surface area contributed by atoms with Crippen molar-refractivity contribution >= 4 is 43.6 Å². The van der Waals surface area contributed by atoms with Gasteiger partial charge in [-0.2, -0.15) is 26.3 Å². The highest BCUT2D eigenvalue weighted by atomic mass is 32.2. The molecule has 2 unspecified atom stereocenters. The number of aryl methyl sites for hydroxylation is 1. The molecule has 4 aliphatic rings. The van der Waals surface area contributed by atoms with Crippen LogP contribution in [0.2, 0.25) is 0 Å². The fourth-order valence-corrected chi connectivity index (χ4v) is 14.1. The summed E-state index contributed by atoms with van der Waals surface area (Å²) in [6.07, 6.45) is -10.5. The Kier molecular flexibility index (Phi) is 12.2. The van der Waals surface area contributed by atoms with Crippen LogP contribution < -0.4 is 30.2 Å². The summed E-state index contributed by atoms with van der Waals surface area (Å²) in [5.41, 5.74) is 1.02. The monoisotopic (exact) mass is 1090 g/mol. The van der Waals surface area contributed by atoms with Crippen molar-refractivity contribution in [3.63, 3.8) is 0 Å². The van der Waals surface area contributed by atoms with Gasteiger partial charge in [-0.1, -0.05) is 76.2 Å². The molecule has 2 atom stereocenters. The lowest BCUT2D eigenvalue weighted by Crippen LogP contribution is -2.71. The van der Waals surface area contributed by atoms with Crippen LogP contribution in [0, 0.1) is 23.6 Å². The fourth-order valence-electron chi connectivity index (χ4n) is 10.6. The lowest BCUT2D eigenvalue weighted by Gasteiger charge is -2.43. The van der Waals surface area contributed by atoms with E-state index in [4.69, 9.17) is 9.68 Å². The molecular formula is C53H47F7N6O8S2. The highest BCUT2D eigenvalue weighted by Crippen LogP contribution is 2.47. The van der Waals surface area contributed by atoms with E-state index in [1.165, 1.54) is 59.8 Å². The summed E-state index contributed by atoms with van der Waals surface area (Å²) in [6, 6.07) is 25.8. The lowest BCUT2D eigenvalue weighted by atomic mass is 9.79. The van der Waals surface area contributed by atoms with E-state index in [-0.39, 0.29) is 34.8 Å². The average Bonchev–Trinajstić information content (AvgIpc) is 3.96. The number of nitrogens with zero attached hydrogens (tertiary/aromatic N) is 2. The summed E-state index contributed by atoms with van der Waals surface area (Å²) in [5, 5.41) is 5.09. The Morgan fingerprint density at radius 1 is 0.513 bits per heavy atom. The van der Waals surface area contributed by atoms with Gasteiger partial charge in [0, 0.05) is 24.2 Å². The zero-order valence-corrected chi connectivity index (χ0v) is 42.6. The van der Waals surface area contributed by atoms with Crippen LogP contribution in [0.3, 0.4) is 0 Å².